The van der Waals surface area contributed by atoms with E-state index in [0.717, 1.165) is 33.8 Å². The van der Waals surface area contributed by atoms with Crippen molar-refractivity contribution in [3.05, 3.63) is 64.7 Å². The first kappa shape index (κ1) is 21.7. The van der Waals surface area contributed by atoms with Crippen LogP contribution in [0, 0.1) is 6.92 Å². The van der Waals surface area contributed by atoms with E-state index in [1.807, 2.05) is 31.2 Å². The van der Waals surface area contributed by atoms with Gasteiger partial charge >= 0.3 is 0 Å². The Morgan fingerprint density at radius 2 is 1.90 bits per heavy atom. The van der Waals surface area contributed by atoms with Crippen molar-refractivity contribution < 1.29 is 18.4 Å². The fourth-order valence-electron chi connectivity index (χ4n) is 3.25. The number of nitrogens with zero attached hydrogens (tertiary/aromatic N) is 2. The number of pyridine rings is 2. The lowest BCUT2D eigenvalue weighted by atomic mass is 10.0. The summed E-state index contributed by atoms with van der Waals surface area (Å²) < 4.78 is 23.6. The van der Waals surface area contributed by atoms with Crippen LogP contribution in [0.3, 0.4) is 0 Å². The Balaban J connectivity index is 1.90. The number of rotatable bonds is 6. The number of carbonyl (C=O) groups excluding carboxylic acids is 1. The maximum atomic E-state index is 12.6. The number of amides is 1. The second-order valence-electron chi connectivity index (χ2n) is 7.50. The fourth-order valence-corrected chi connectivity index (χ4v) is 4.10. The van der Waals surface area contributed by atoms with Gasteiger partial charge in [0.1, 0.15) is 0 Å². The second kappa shape index (κ2) is 8.00. The predicted octanol–water partition coefficient (Wildman–Crippen LogP) is 2.07. The van der Waals surface area contributed by atoms with Crippen LogP contribution in [0.25, 0.3) is 22.0 Å². The summed E-state index contributed by atoms with van der Waals surface area (Å²) in [5, 5.41) is 9.90. The lowest BCUT2D eigenvalue weighted by Crippen LogP contribution is -2.49. The molecule has 0 saturated heterocycles. The number of aryl methyl sites for hydroxylation is 2. The topological polar surface area (TPSA) is 118 Å². The molecule has 0 radical (unpaired) electrons. The molecule has 2 heterocycles. The number of benzene rings is 1. The molecule has 0 fully saturated rings. The average Bonchev–Trinajstić information content (AvgIpc) is 2.71. The van der Waals surface area contributed by atoms with Crippen LogP contribution in [-0.4, -0.2) is 40.1 Å². The molecule has 3 aromatic rings. The molecule has 0 bridgehead atoms. The fraction of sp³-hybridized carbons (Fsp3) is 0.286. The third kappa shape index (κ3) is 3.99. The van der Waals surface area contributed by atoms with Gasteiger partial charge in [0.2, 0.25) is 0 Å². The SMILES string of the molecule is Cc1ccnc2ccc(-c3ccn(CCC(C)(C(=O)NO)S(C)(=O)=O)c(=O)c3)cc12. The molecule has 1 unspecified atom stereocenters. The van der Waals surface area contributed by atoms with Crippen LogP contribution >= 0.6 is 0 Å². The largest absolute Gasteiger partial charge is 0.315 e. The van der Waals surface area contributed by atoms with Crippen molar-refractivity contribution in [1.29, 1.82) is 0 Å². The number of hydrogen-bond acceptors (Lipinski definition) is 6. The third-order valence-electron chi connectivity index (χ3n) is 5.52. The minimum absolute atomic E-state index is 0.00312. The zero-order chi connectivity index (χ0) is 22.1. The van der Waals surface area contributed by atoms with Gasteiger partial charge in [-0.05, 0) is 61.2 Å². The molecule has 8 nitrogen and oxygen atoms in total. The average molecular weight is 429 g/mol. The van der Waals surface area contributed by atoms with E-state index in [4.69, 9.17) is 5.21 Å². The van der Waals surface area contributed by atoms with Crippen LogP contribution < -0.4 is 11.0 Å². The molecule has 9 heteroatoms. The van der Waals surface area contributed by atoms with E-state index >= 15 is 0 Å². The van der Waals surface area contributed by atoms with Gasteiger partial charge in [0, 0.05) is 36.6 Å². The third-order valence-corrected chi connectivity index (χ3v) is 7.55. The van der Waals surface area contributed by atoms with Crippen LogP contribution in [0.5, 0.6) is 0 Å². The summed E-state index contributed by atoms with van der Waals surface area (Å²) in [5.41, 5.74) is 4.62. The molecule has 0 saturated carbocycles. The first-order valence-corrected chi connectivity index (χ1v) is 11.2. The number of aromatic nitrogens is 2. The molecule has 3 rings (SSSR count). The Morgan fingerprint density at radius 1 is 1.20 bits per heavy atom. The molecule has 2 N–H and O–H groups in total. The van der Waals surface area contributed by atoms with Gasteiger partial charge in [0.05, 0.1) is 5.52 Å². The van der Waals surface area contributed by atoms with Crippen molar-refractivity contribution >= 4 is 26.6 Å². The van der Waals surface area contributed by atoms with E-state index in [2.05, 4.69) is 4.98 Å². The van der Waals surface area contributed by atoms with E-state index < -0.39 is 20.5 Å². The Morgan fingerprint density at radius 3 is 2.53 bits per heavy atom. The Bertz CT molecular complexity index is 1280. The number of hydrogen-bond donors (Lipinski definition) is 2. The number of fused-ring (bicyclic) bond motifs is 1. The van der Waals surface area contributed by atoms with E-state index in [0.29, 0.717) is 0 Å². The number of hydroxylamine groups is 1. The Labute approximate surface area is 174 Å². The molecule has 0 spiro atoms. The van der Waals surface area contributed by atoms with Crippen molar-refractivity contribution in [1.82, 2.24) is 15.0 Å². The van der Waals surface area contributed by atoms with E-state index in [1.165, 1.54) is 23.0 Å². The van der Waals surface area contributed by atoms with Crippen LogP contribution in [0.1, 0.15) is 18.9 Å². The first-order valence-electron chi connectivity index (χ1n) is 9.27. The highest BCUT2D eigenvalue weighted by molar-refractivity contribution is 7.92. The lowest BCUT2D eigenvalue weighted by Gasteiger charge is -2.25. The van der Waals surface area contributed by atoms with Crippen molar-refractivity contribution in [2.75, 3.05) is 6.26 Å². The summed E-state index contributed by atoms with van der Waals surface area (Å²) in [6.45, 7) is 3.21. The van der Waals surface area contributed by atoms with Gasteiger partial charge in [-0.15, -0.1) is 0 Å². The Kier molecular flexibility index (Phi) is 5.78. The number of nitrogens with one attached hydrogen (secondary N) is 1. The van der Waals surface area contributed by atoms with Gasteiger partial charge in [-0.25, -0.2) is 13.9 Å². The van der Waals surface area contributed by atoms with E-state index in [9.17, 15) is 18.0 Å². The first-order chi connectivity index (χ1) is 14.1. The molecule has 2 aromatic heterocycles. The second-order valence-corrected chi connectivity index (χ2v) is 9.95. The highest BCUT2D eigenvalue weighted by Crippen LogP contribution is 2.25. The minimum atomic E-state index is -3.83. The number of carbonyl (C=O) groups is 1. The summed E-state index contributed by atoms with van der Waals surface area (Å²) in [6, 6.07) is 10.9. The van der Waals surface area contributed by atoms with E-state index in [-0.39, 0.29) is 18.5 Å². The molecular formula is C21H23N3O5S. The zero-order valence-corrected chi connectivity index (χ0v) is 17.7. The molecule has 30 heavy (non-hydrogen) atoms. The summed E-state index contributed by atoms with van der Waals surface area (Å²) in [7, 11) is -3.83. The van der Waals surface area contributed by atoms with E-state index in [1.54, 1.807) is 18.5 Å². The lowest BCUT2D eigenvalue weighted by molar-refractivity contribution is -0.131. The predicted molar refractivity (Wildman–Crippen MR) is 114 cm³/mol. The maximum Gasteiger partial charge on any atom is 0.264 e. The summed E-state index contributed by atoms with van der Waals surface area (Å²) in [4.78, 5) is 28.9. The van der Waals surface area contributed by atoms with Crippen LogP contribution in [0.2, 0.25) is 0 Å². The van der Waals surface area contributed by atoms with Gasteiger partial charge in [-0.3, -0.25) is 19.8 Å². The number of sulfone groups is 1. The normalized spacial score (nSPS) is 13.7. The van der Waals surface area contributed by atoms with Crippen LogP contribution in [-0.2, 0) is 21.2 Å². The molecule has 0 aliphatic heterocycles. The van der Waals surface area contributed by atoms with Gasteiger partial charge in [-0.2, -0.15) is 0 Å². The van der Waals surface area contributed by atoms with Gasteiger partial charge in [-0.1, -0.05) is 6.07 Å². The zero-order valence-electron chi connectivity index (χ0n) is 16.9. The van der Waals surface area contributed by atoms with Crippen molar-refractivity contribution in [3.63, 3.8) is 0 Å². The molecule has 0 aliphatic carbocycles. The van der Waals surface area contributed by atoms with Gasteiger partial charge < -0.3 is 4.57 Å². The minimum Gasteiger partial charge on any atom is -0.315 e. The smallest absolute Gasteiger partial charge is 0.264 e. The monoisotopic (exact) mass is 429 g/mol. The van der Waals surface area contributed by atoms with Gasteiger partial charge in [0.25, 0.3) is 11.5 Å². The standard InChI is InChI=1S/C21H23N3O5S/c1-14-6-9-22-18-5-4-15(12-17(14)18)16-7-10-24(19(25)13-16)11-8-21(2,20(26)23-27)30(3,28)29/h4-7,9-10,12-13,27H,8,11H2,1-3H3,(H,23,26). The summed E-state index contributed by atoms with van der Waals surface area (Å²) in [5.74, 6) is -1.03. The Hall–Kier alpha value is -3.04. The van der Waals surface area contributed by atoms with Crippen molar-refractivity contribution in [2.24, 2.45) is 0 Å². The highest BCUT2D eigenvalue weighted by Gasteiger charge is 2.43. The molecule has 158 valence electrons. The van der Waals surface area contributed by atoms with Crippen molar-refractivity contribution in [3.8, 4) is 11.1 Å². The van der Waals surface area contributed by atoms with Crippen LogP contribution in [0.4, 0.5) is 0 Å². The van der Waals surface area contributed by atoms with Gasteiger partial charge in [0.15, 0.2) is 14.6 Å². The summed E-state index contributed by atoms with van der Waals surface area (Å²) >= 11 is 0. The molecule has 0 aliphatic rings. The summed E-state index contributed by atoms with van der Waals surface area (Å²) in [6.07, 6.45) is 4.07. The highest BCUT2D eigenvalue weighted by atomic mass is 32.2. The molecule has 1 aromatic carbocycles. The maximum absolute atomic E-state index is 12.6. The molecular weight excluding hydrogens is 406 g/mol. The van der Waals surface area contributed by atoms with Crippen molar-refractivity contribution in [2.45, 2.75) is 31.6 Å². The quantitative estimate of drug-likeness (QED) is 0.457. The molecule has 1 amide bonds. The molecule has 1 atom stereocenters. The van der Waals surface area contributed by atoms with Crippen LogP contribution in [0.15, 0.2) is 53.6 Å².